The van der Waals surface area contributed by atoms with Crippen LogP contribution < -0.4 is 10.1 Å². The molecule has 1 aromatic rings. The molecule has 6 heteroatoms. The van der Waals surface area contributed by atoms with Crippen molar-refractivity contribution in [3.63, 3.8) is 0 Å². The summed E-state index contributed by atoms with van der Waals surface area (Å²) >= 11 is 11.6. The Hall–Kier alpha value is -0.970. The Morgan fingerprint density at radius 3 is 2.79 bits per heavy atom. The molecule has 0 aromatic heterocycles. The molecule has 4 nitrogen and oxygen atoms in total. The molecule has 2 N–H and O–H groups in total. The van der Waals surface area contributed by atoms with Gasteiger partial charge in [0.2, 0.25) is 5.91 Å². The van der Waals surface area contributed by atoms with Crippen molar-refractivity contribution in [2.45, 2.75) is 25.9 Å². The van der Waals surface area contributed by atoms with E-state index in [-0.39, 0.29) is 25.5 Å². The topological polar surface area (TPSA) is 58.6 Å². The molecular formula is C13H17Cl2NO3. The zero-order valence-electron chi connectivity index (χ0n) is 10.7. The van der Waals surface area contributed by atoms with Gasteiger partial charge in [-0.05, 0) is 18.6 Å². The standard InChI is InChI=1S/C13H17Cl2NO3/c1-2-9(17)8-16-13(18)5-6-19-10-3-4-11(14)12(15)7-10/h3-4,7,9,17H,2,5-6,8H2,1H3,(H,16,18). The molecule has 1 aromatic carbocycles. The number of benzene rings is 1. The van der Waals surface area contributed by atoms with Crippen LogP contribution in [0.25, 0.3) is 0 Å². The molecule has 0 spiro atoms. The maximum atomic E-state index is 11.4. The van der Waals surface area contributed by atoms with Gasteiger partial charge in [0.15, 0.2) is 0 Å². The van der Waals surface area contributed by atoms with Crippen LogP contribution in [0.4, 0.5) is 0 Å². The second-order valence-corrected chi connectivity index (χ2v) is 4.85. The summed E-state index contributed by atoms with van der Waals surface area (Å²) in [4.78, 5) is 11.4. The molecule has 106 valence electrons. The fraction of sp³-hybridized carbons (Fsp3) is 0.462. The number of aliphatic hydroxyl groups is 1. The van der Waals surface area contributed by atoms with E-state index in [1.54, 1.807) is 18.2 Å². The summed E-state index contributed by atoms with van der Waals surface area (Å²) in [6.07, 6.45) is 0.330. The Labute approximate surface area is 122 Å². The van der Waals surface area contributed by atoms with Crippen LogP contribution in [0.3, 0.4) is 0 Å². The van der Waals surface area contributed by atoms with E-state index in [4.69, 9.17) is 27.9 Å². The van der Waals surface area contributed by atoms with Crippen LogP contribution in [-0.4, -0.2) is 30.3 Å². The van der Waals surface area contributed by atoms with Gasteiger partial charge in [0.1, 0.15) is 5.75 Å². The Morgan fingerprint density at radius 1 is 1.42 bits per heavy atom. The number of ether oxygens (including phenoxy) is 1. The minimum absolute atomic E-state index is 0.160. The number of amides is 1. The molecule has 1 amide bonds. The van der Waals surface area contributed by atoms with Crippen LogP contribution in [0.1, 0.15) is 19.8 Å². The fourth-order valence-corrected chi connectivity index (χ4v) is 1.58. The van der Waals surface area contributed by atoms with E-state index in [0.29, 0.717) is 22.2 Å². The van der Waals surface area contributed by atoms with E-state index in [0.717, 1.165) is 0 Å². The van der Waals surface area contributed by atoms with Crippen LogP contribution in [-0.2, 0) is 4.79 Å². The normalized spacial score (nSPS) is 12.0. The highest BCUT2D eigenvalue weighted by atomic mass is 35.5. The molecule has 0 saturated heterocycles. The van der Waals surface area contributed by atoms with E-state index in [1.165, 1.54) is 0 Å². The van der Waals surface area contributed by atoms with Crippen molar-refractivity contribution in [3.8, 4) is 5.75 Å². The summed E-state index contributed by atoms with van der Waals surface area (Å²) in [7, 11) is 0. The van der Waals surface area contributed by atoms with Crippen LogP contribution in [0.2, 0.25) is 10.0 Å². The largest absolute Gasteiger partial charge is 0.493 e. The molecular weight excluding hydrogens is 289 g/mol. The zero-order valence-corrected chi connectivity index (χ0v) is 12.2. The summed E-state index contributed by atoms with van der Waals surface area (Å²) in [5.74, 6) is 0.406. The molecule has 0 radical (unpaired) electrons. The Morgan fingerprint density at radius 2 is 2.16 bits per heavy atom. The molecule has 0 aliphatic rings. The zero-order chi connectivity index (χ0) is 14.3. The van der Waals surface area contributed by atoms with Crippen molar-refractivity contribution in [2.75, 3.05) is 13.2 Å². The molecule has 0 bridgehead atoms. The van der Waals surface area contributed by atoms with Crippen molar-refractivity contribution in [1.29, 1.82) is 0 Å². The van der Waals surface area contributed by atoms with Gasteiger partial charge in [-0.2, -0.15) is 0 Å². The van der Waals surface area contributed by atoms with Crippen LogP contribution in [0, 0.1) is 0 Å². The summed E-state index contributed by atoms with van der Waals surface area (Å²) in [6.45, 7) is 2.36. The van der Waals surface area contributed by atoms with Gasteiger partial charge in [0.25, 0.3) is 0 Å². The first-order valence-electron chi connectivity index (χ1n) is 6.05. The highest BCUT2D eigenvalue weighted by Crippen LogP contribution is 2.26. The van der Waals surface area contributed by atoms with E-state index >= 15 is 0 Å². The van der Waals surface area contributed by atoms with Crippen molar-refractivity contribution in [3.05, 3.63) is 28.2 Å². The third-order valence-corrected chi connectivity index (χ3v) is 3.23. The van der Waals surface area contributed by atoms with Crippen LogP contribution >= 0.6 is 23.2 Å². The Kier molecular flexibility index (Phi) is 6.99. The van der Waals surface area contributed by atoms with E-state index in [2.05, 4.69) is 5.32 Å². The van der Waals surface area contributed by atoms with E-state index in [1.807, 2.05) is 6.92 Å². The monoisotopic (exact) mass is 305 g/mol. The molecule has 0 saturated carbocycles. The first kappa shape index (κ1) is 16.1. The highest BCUT2D eigenvalue weighted by Gasteiger charge is 2.06. The highest BCUT2D eigenvalue weighted by molar-refractivity contribution is 6.42. The number of aliphatic hydroxyl groups excluding tert-OH is 1. The number of nitrogens with one attached hydrogen (secondary N) is 1. The van der Waals surface area contributed by atoms with Crippen LogP contribution in [0.15, 0.2) is 18.2 Å². The maximum absolute atomic E-state index is 11.4. The van der Waals surface area contributed by atoms with Crippen LogP contribution in [0.5, 0.6) is 5.75 Å². The summed E-state index contributed by atoms with van der Waals surface area (Å²) in [6, 6.07) is 4.92. The lowest BCUT2D eigenvalue weighted by atomic mass is 10.3. The third kappa shape index (κ3) is 6.14. The van der Waals surface area contributed by atoms with Gasteiger partial charge in [-0.1, -0.05) is 30.1 Å². The number of hydrogen-bond acceptors (Lipinski definition) is 3. The van der Waals surface area contributed by atoms with Gasteiger partial charge in [-0.15, -0.1) is 0 Å². The SMILES string of the molecule is CCC(O)CNC(=O)CCOc1ccc(Cl)c(Cl)c1. The molecule has 0 aliphatic heterocycles. The molecule has 1 unspecified atom stereocenters. The number of carbonyl (C=O) groups excluding carboxylic acids is 1. The second-order valence-electron chi connectivity index (χ2n) is 4.04. The lowest BCUT2D eigenvalue weighted by Crippen LogP contribution is -2.32. The summed E-state index contributed by atoms with van der Waals surface area (Å²) in [5.41, 5.74) is 0. The van der Waals surface area contributed by atoms with E-state index in [9.17, 15) is 9.90 Å². The van der Waals surface area contributed by atoms with Gasteiger partial charge in [-0.3, -0.25) is 4.79 Å². The number of hydrogen-bond donors (Lipinski definition) is 2. The number of halogens is 2. The molecule has 1 rings (SSSR count). The predicted octanol–water partition coefficient (Wildman–Crippen LogP) is 2.65. The van der Waals surface area contributed by atoms with Gasteiger partial charge in [-0.25, -0.2) is 0 Å². The molecule has 1 atom stereocenters. The molecule has 0 fully saturated rings. The molecule has 0 aliphatic carbocycles. The predicted molar refractivity (Wildman–Crippen MR) is 75.9 cm³/mol. The lowest BCUT2D eigenvalue weighted by molar-refractivity contribution is -0.122. The number of rotatable bonds is 7. The Bertz CT molecular complexity index is 426. The van der Waals surface area contributed by atoms with E-state index < -0.39 is 6.10 Å². The van der Waals surface area contributed by atoms with Gasteiger partial charge < -0.3 is 15.2 Å². The fourth-order valence-electron chi connectivity index (χ4n) is 1.29. The van der Waals surface area contributed by atoms with Crippen molar-refractivity contribution >= 4 is 29.1 Å². The third-order valence-electron chi connectivity index (χ3n) is 2.50. The van der Waals surface area contributed by atoms with Crippen molar-refractivity contribution in [1.82, 2.24) is 5.32 Å². The summed E-state index contributed by atoms with van der Waals surface area (Å²) in [5, 5.41) is 12.8. The second kappa shape index (κ2) is 8.25. The number of carbonyl (C=O) groups is 1. The first-order valence-corrected chi connectivity index (χ1v) is 6.81. The molecule has 0 heterocycles. The smallest absolute Gasteiger partial charge is 0.223 e. The maximum Gasteiger partial charge on any atom is 0.223 e. The van der Waals surface area contributed by atoms with Gasteiger partial charge in [0, 0.05) is 12.6 Å². The quantitative estimate of drug-likeness (QED) is 0.814. The average Bonchev–Trinajstić information content (AvgIpc) is 2.40. The summed E-state index contributed by atoms with van der Waals surface area (Å²) < 4.78 is 5.38. The van der Waals surface area contributed by atoms with Crippen molar-refractivity contribution < 1.29 is 14.6 Å². The average molecular weight is 306 g/mol. The minimum Gasteiger partial charge on any atom is -0.493 e. The first-order chi connectivity index (χ1) is 9.02. The lowest BCUT2D eigenvalue weighted by Gasteiger charge is -2.10. The van der Waals surface area contributed by atoms with Gasteiger partial charge in [0.05, 0.1) is 29.2 Å². The van der Waals surface area contributed by atoms with Crippen molar-refractivity contribution in [2.24, 2.45) is 0 Å². The van der Waals surface area contributed by atoms with Gasteiger partial charge >= 0.3 is 0 Å². The minimum atomic E-state index is -0.500. The molecule has 19 heavy (non-hydrogen) atoms. The Balaban J connectivity index is 2.26.